The zero-order valence-corrected chi connectivity index (χ0v) is 14.7. The predicted molar refractivity (Wildman–Crippen MR) is 103 cm³/mol. The Kier molecular flexibility index (Phi) is 5.21. The van der Waals surface area contributed by atoms with Crippen molar-refractivity contribution in [3.63, 3.8) is 0 Å². The highest BCUT2D eigenvalue weighted by molar-refractivity contribution is 6.30. The van der Waals surface area contributed by atoms with Crippen LogP contribution in [0.4, 0.5) is 5.69 Å². The minimum atomic E-state index is -0.485. The summed E-state index contributed by atoms with van der Waals surface area (Å²) in [6.07, 6.45) is 1.42. The summed E-state index contributed by atoms with van der Waals surface area (Å²) in [6, 6.07) is 20.0. The number of amides is 1. The van der Waals surface area contributed by atoms with E-state index in [9.17, 15) is 10.1 Å². The molecule has 2 aromatic carbocycles. The summed E-state index contributed by atoms with van der Waals surface area (Å²) < 4.78 is 5.71. The number of nitriles is 1. The Morgan fingerprint density at radius 3 is 2.42 bits per heavy atom. The Bertz CT molecular complexity index is 994. The monoisotopic (exact) mass is 362 g/mol. The first-order chi connectivity index (χ1) is 12.5. The van der Waals surface area contributed by atoms with Gasteiger partial charge in [-0.15, -0.1) is 0 Å². The van der Waals surface area contributed by atoms with Crippen molar-refractivity contribution in [1.29, 1.82) is 5.26 Å². The molecule has 1 amide bonds. The first-order valence-electron chi connectivity index (χ1n) is 7.91. The number of nitrogens with zero attached hydrogens (tertiary/aromatic N) is 1. The van der Waals surface area contributed by atoms with Crippen LogP contribution in [0.25, 0.3) is 17.4 Å². The van der Waals surface area contributed by atoms with Crippen LogP contribution >= 0.6 is 11.6 Å². The molecule has 4 nitrogen and oxygen atoms in total. The van der Waals surface area contributed by atoms with Gasteiger partial charge in [-0.25, -0.2) is 0 Å². The van der Waals surface area contributed by atoms with E-state index < -0.39 is 5.91 Å². The number of rotatable bonds is 4. The minimum Gasteiger partial charge on any atom is -0.457 e. The van der Waals surface area contributed by atoms with E-state index in [0.29, 0.717) is 22.2 Å². The zero-order chi connectivity index (χ0) is 18.5. The number of nitrogens with one attached hydrogen (secondary N) is 1. The largest absolute Gasteiger partial charge is 0.457 e. The van der Waals surface area contributed by atoms with Crippen LogP contribution in [0.15, 0.2) is 70.7 Å². The molecule has 0 fully saturated rings. The van der Waals surface area contributed by atoms with Crippen LogP contribution in [0.3, 0.4) is 0 Å². The number of anilines is 1. The lowest BCUT2D eigenvalue weighted by Gasteiger charge is -2.04. The first kappa shape index (κ1) is 17.5. The molecule has 0 aliphatic carbocycles. The molecular formula is C21H15ClN2O2. The van der Waals surface area contributed by atoms with Crippen molar-refractivity contribution < 1.29 is 9.21 Å². The van der Waals surface area contributed by atoms with Gasteiger partial charge in [-0.3, -0.25) is 4.79 Å². The van der Waals surface area contributed by atoms with Crippen LogP contribution in [0.5, 0.6) is 0 Å². The topological polar surface area (TPSA) is 66.0 Å². The lowest BCUT2D eigenvalue weighted by molar-refractivity contribution is -0.112. The van der Waals surface area contributed by atoms with Gasteiger partial charge in [0.25, 0.3) is 5.91 Å². The smallest absolute Gasteiger partial charge is 0.266 e. The molecule has 0 atom stereocenters. The Balaban J connectivity index is 1.78. The molecule has 26 heavy (non-hydrogen) atoms. The van der Waals surface area contributed by atoms with E-state index in [-0.39, 0.29) is 5.57 Å². The van der Waals surface area contributed by atoms with Gasteiger partial charge in [0.05, 0.1) is 0 Å². The van der Waals surface area contributed by atoms with Gasteiger partial charge in [-0.05, 0) is 55.5 Å². The summed E-state index contributed by atoms with van der Waals surface area (Å²) in [5.41, 5.74) is 2.53. The van der Waals surface area contributed by atoms with Crippen LogP contribution in [0, 0.1) is 18.3 Å². The summed E-state index contributed by atoms with van der Waals surface area (Å²) in [4.78, 5) is 12.3. The Labute approximate surface area is 156 Å². The van der Waals surface area contributed by atoms with Crippen molar-refractivity contribution in [2.75, 3.05) is 5.32 Å². The van der Waals surface area contributed by atoms with Gasteiger partial charge in [0.1, 0.15) is 23.2 Å². The third-order valence-electron chi connectivity index (χ3n) is 3.72. The molecule has 3 rings (SSSR count). The summed E-state index contributed by atoms with van der Waals surface area (Å²) in [5.74, 6) is 0.565. The van der Waals surface area contributed by atoms with Crippen LogP contribution < -0.4 is 5.32 Å². The van der Waals surface area contributed by atoms with Gasteiger partial charge in [0, 0.05) is 22.3 Å². The Morgan fingerprint density at radius 1 is 1.08 bits per heavy atom. The number of halogens is 1. The minimum absolute atomic E-state index is 0.0393. The summed E-state index contributed by atoms with van der Waals surface area (Å²) in [6.45, 7) is 1.96. The molecule has 1 aromatic heterocycles. The van der Waals surface area contributed by atoms with Crippen molar-refractivity contribution in [2.45, 2.75) is 6.92 Å². The molecule has 0 aliphatic rings. The van der Waals surface area contributed by atoms with E-state index in [1.165, 1.54) is 6.08 Å². The van der Waals surface area contributed by atoms with Gasteiger partial charge in [-0.2, -0.15) is 5.26 Å². The average molecular weight is 363 g/mol. The number of furan rings is 1. The number of carbonyl (C=O) groups is 1. The van der Waals surface area contributed by atoms with Gasteiger partial charge in [-0.1, -0.05) is 29.3 Å². The quantitative estimate of drug-likeness (QED) is 0.495. The maximum Gasteiger partial charge on any atom is 0.266 e. The molecule has 0 unspecified atom stereocenters. The molecule has 0 spiro atoms. The van der Waals surface area contributed by atoms with Crippen LogP contribution in [0.2, 0.25) is 5.02 Å². The molecule has 1 N–H and O–H groups in total. The molecule has 0 saturated heterocycles. The second-order valence-electron chi connectivity index (χ2n) is 5.70. The van der Waals surface area contributed by atoms with E-state index in [0.717, 1.165) is 11.1 Å². The SMILES string of the molecule is Cc1ccc(NC(=O)/C(C#N)=C/c2ccc(-c3ccc(Cl)cc3)o2)cc1. The summed E-state index contributed by atoms with van der Waals surface area (Å²) in [7, 11) is 0. The fourth-order valence-corrected chi connectivity index (χ4v) is 2.45. The van der Waals surface area contributed by atoms with Gasteiger partial charge >= 0.3 is 0 Å². The zero-order valence-electron chi connectivity index (χ0n) is 14.0. The third kappa shape index (κ3) is 4.21. The fraction of sp³-hybridized carbons (Fsp3) is 0.0476. The number of hydrogen-bond acceptors (Lipinski definition) is 3. The van der Waals surface area contributed by atoms with Crippen molar-refractivity contribution in [1.82, 2.24) is 0 Å². The molecule has 0 radical (unpaired) electrons. The van der Waals surface area contributed by atoms with Crippen molar-refractivity contribution >= 4 is 29.3 Å². The second kappa shape index (κ2) is 7.73. The molecule has 0 bridgehead atoms. The summed E-state index contributed by atoms with van der Waals surface area (Å²) >= 11 is 5.88. The van der Waals surface area contributed by atoms with Crippen molar-refractivity contribution in [3.8, 4) is 17.4 Å². The maximum absolute atomic E-state index is 12.3. The van der Waals surface area contributed by atoms with E-state index in [4.69, 9.17) is 16.0 Å². The van der Waals surface area contributed by atoms with E-state index >= 15 is 0 Å². The third-order valence-corrected chi connectivity index (χ3v) is 3.97. The van der Waals surface area contributed by atoms with E-state index in [2.05, 4.69) is 5.32 Å². The van der Waals surface area contributed by atoms with Crippen LogP contribution in [-0.2, 0) is 4.79 Å². The van der Waals surface area contributed by atoms with Crippen LogP contribution in [0.1, 0.15) is 11.3 Å². The second-order valence-corrected chi connectivity index (χ2v) is 6.14. The molecule has 0 saturated carbocycles. The van der Waals surface area contributed by atoms with Crippen molar-refractivity contribution in [2.24, 2.45) is 0 Å². The molecule has 128 valence electrons. The van der Waals surface area contributed by atoms with Gasteiger partial charge in [0.15, 0.2) is 0 Å². The molecule has 5 heteroatoms. The molecule has 1 heterocycles. The standard InChI is InChI=1S/C21H15ClN2O2/c1-14-2-8-18(9-3-14)24-21(25)16(13-23)12-19-10-11-20(26-19)15-4-6-17(22)7-5-15/h2-12H,1H3,(H,24,25)/b16-12+. The normalized spacial score (nSPS) is 11.0. The Hall–Kier alpha value is -3.29. The lowest BCUT2D eigenvalue weighted by atomic mass is 10.2. The fourth-order valence-electron chi connectivity index (χ4n) is 2.33. The highest BCUT2D eigenvalue weighted by Gasteiger charge is 2.11. The number of benzene rings is 2. The van der Waals surface area contributed by atoms with Gasteiger partial charge < -0.3 is 9.73 Å². The number of carbonyl (C=O) groups excluding carboxylic acids is 1. The molecule has 0 aliphatic heterocycles. The van der Waals surface area contributed by atoms with Crippen LogP contribution in [-0.4, -0.2) is 5.91 Å². The number of hydrogen-bond donors (Lipinski definition) is 1. The van der Waals surface area contributed by atoms with Gasteiger partial charge in [0.2, 0.25) is 0 Å². The van der Waals surface area contributed by atoms with Crippen molar-refractivity contribution in [3.05, 3.63) is 82.6 Å². The number of aryl methyl sites for hydroxylation is 1. The highest BCUT2D eigenvalue weighted by atomic mass is 35.5. The summed E-state index contributed by atoms with van der Waals surface area (Å²) in [5, 5.41) is 12.6. The van der Waals surface area contributed by atoms with E-state index in [1.807, 2.05) is 37.3 Å². The predicted octanol–water partition coefficient (Wildman–Crippen LogP) is 5.45. The Morgan fingerprint density at radius 2 is 1.77 bits per heavy atom. The first-order valence-corrected chi connectivity index (χ1v) is 8.28. The highest BCUT2D eigenvalue weighted by Crippen LogP contribution is 2.25. The molecule has 3 aromatic rings. The maximum atomic E-state index is 12.3. The molecular weight excluding hydrogens is 348 g/mol. The average Bonchev–Trinajstić information content (AvgIpc) is 3.11. The van der Waals surface area contributed by atoms with E-state index in [1.54, 1.807) is 36.4 Å². The lowest BCUT2D eigenvalue weighted by Crippen LogP contribution is -2.13.